The summed E-state index contributed by atoms with van der Waals surface area (Å²) in [7, 11) is 0. The molecule has 0 spiro atoms. The van der Waals surface area contributed by atoms with Crippen molar-refractivity contribution in [2.45, 2.75) is 45.3 Å². The number of aromatic nitrogens is 3. The topological polar surface area (TPSA) is 111 Å². The summed E-state index contributed by atoms with van der Waals surface area (Å²) in [6.07, 6.45) is 4.04. The Hall–Kier alpha value is -4.53. The molecule has 2 N–H and O–H groups in total. The van der Waals surface area contributed by atoms with Gasteiger partial charge in [-0.2, -0.15) is 0 Å². The second-order valence-corrected chi connectivity index (χ2v) is 11.7. The second kappa shape index (κ2) is 9.89. The predicted octanol–water partition coefficient (Wildman–Crippen LogP) is 3.89. The number of para-hydroxylation sites is 1. The second-order valence-electron chi connectivity index (χ2n) is 11.7. The normalized spacial score (nSPS) is 19.2. The Balaban J connectivity index is 1.13. The van der Waals surface area contributed by atoms with Gasteiger partial charge in [-0.15, -0.1) is 0 Å². The Morgan fingerprint density at radius 2 is 1.55 bits per heavy atom. The first-order chi connectivity index (χ1) is 19.2. The molecule has 0 aliphatic carbocycles. The van der Waals surface area contributed by atoms with Gasteiger partial charge in [0.1, 0.15) is 11.7 Å². The van der Waals surface area contributed by atoms with Gasteiger partial charge in [0.05, 0.1) is 12.1 Å². The zero-order valence-electron chi connectivity index (χ0n) is 22.8. The molecule has 4 aromatic rings. The highest BCUT2D eigenvalue weighted by Crippen LogP contribution is 2.34. The van der Waals surface area contributed by atoms with Crippen molar-refractivity contribution in [3.05, 3.63) is 84.6 Å². The molecule has 6 rings (SSSR count). The number of likely N-dealkylation sites (tertiary alicyclic amines) is 2. The Labute approximate surface area is 232 Å². The Morgan fingerprint density at radius 1 is 0.900 bits per heavy atom. The van der Waals surface area contributed by atoms with Gasteiger partial charge in [0, 0.05) is 41.9 Å². The number of amides is 3. The van der Waals surface area contributed by atoms with Crippen LogP contribution < -0.4 is 5.32 Å². The fourth-order valence-corrected chi connectivity index (χ4v) is 5.75. The maximum absolute atomic E-state index is 13.8. The van der Waals surface area contributed by atoms with Crippen LogP contribution in [0.1, 0.15) is 48.3 Å². The van der Waals surface area contributed by atoms with Gasteiger partial charge in [-0.25, -0.2) is 9.97 Å². The minimum atomic E-state index is -0.719. The van der Waals surface area contributed by atoms with Gasteiger partial charge in [-0.05, 0) is 29.5 Å². The van der Waals surface area contributed by atoms with Gasteiger partial charge in [-0.1, -0.05) is 69.3 Å². The summed E-state index contributed by atoms with van der Waals surface area (Å²) in [5, 5.41) is 3.92. The summed E-state index contributed by atoms with van der Waals surface area (Å²) in [6.45, 7) is 6.68. The molecule has 1 unspecified atom stereocenters. The first-order valence-corrected chi connectivity index (χ1v) is 13.6. The van der Waals surface area contributed by atoms with E-state index < -0.39 is 11.5 Å². The van der Waals surface area contributed by atoms with E-state index in [9.17, 15) is 14.4 Å². The molecule has 2 bridgehead atoms. The number of nitrogens with zero attached hydrogens (tertiary/aromatic N) is 4. The number of benzene rings is 2. The molecule has 204 valence electrons. The molecular formula is C31H32N6O3. The lowest BCUT2D eigenvalue weighted by Gasteiger charge is -2.39. The summed E-state index contributed by atoms with van der Waals surface area (Å²) < 4.78 is 0. The zero-order valence-corrected chi connectivity index (χ0v) is 22.8. The minimum Gasteiger partial charge on any atom is -0.351 e. The molecule has 40 heavy (non-hydrogen) atoms. The highest BCUT2D eigenvalue weighted by atomic mass is 16.2. The van der Waals surface area contributed by atoms with Crippen molar-refractivity contribution < 1.29 is 14.4 Å². The molecule has 0 radical (unpaired) electrons. The van der Waals surface area contributed by atoms with Crippen molar-refractivity contribution >= 4 is 28.6 Å². The first kappa shape index (κ1) is 25.7. The van der Waals surface area contributed by atoms with E-state index in [1.165, 1.54) is 0 Å². The van der Waals surface area contributed by atoms with Crippen molar-refractivity contribution in [2.75, 3.05) is 13.1 Å². The predicted molar refractivity (Wildman–Crippen MR) is 151 cm³/mol. The van der Waals surface area contributed by atoms with E-state index in [0.29, 0.717) is 25.2 Å². The summed E-state index contributed by atoms with van der Waals surface area (Å²) in [5.41, 5.74) is 2.61. The first-order valence-electron chi connectivity index (χ1n) is 13.6. The lowest BCUT2D eigenvalue weighted by Crippen LogP contribution is -2.59. The molecule has 2 aromatic heterocycles. The SMILES string of the molecule is CC(C)(C)[C@H](NC(=O)c1cc2ccccc2[nH]1)C(=O)N1C[C@@H]2CC1CN2C(=O)c1ncc(-c2ccccc2)cn1. The summed E-state index contributed by atoms with van der Waals surface area (Å²) >= 11 is 0. The molecule has 4 heterocycles. The summed E-state index contributed by atoms with van der Waals surface area (Å²) in [4.78, 5) is 55.7. The van der Waals surface area contributed by atoms with E-state index in [-0.39, 0.29) is 35.6 Å². The minimum absolute atomic E-state index is 0.108. The monoisotopic (exact) mass is 536 g/mol. The van der Waals surface area contributed by atoms with E-state index >= 15 is 0 Å². The van der Waals surface area contributed by atoms with E-state index in [0.717, 1.165) is 22.0 Å². The molecule has 2 aliphatic rings. The fourth-order valence-electron chi connectivity index (χ4n) is 5.75. The Bertz CT molecular complexity index is 1540. The van der Waals surface area contributed by atoms with Crippen LogP contribution in [0.15, 0.2) is 73.1 Å². The average molecular weight is 537 g/mol. The van der Waals surface area contributed by atoms with Crippen molar-refractivity contribution in [1.82, 2.24) is 30.1 Å². The van der Waals surface area contributed by atoms with Crippen LogP contribution in [0.25, 0.3) is 22.0 Å². The Morgan fingerprint density at radius 3 is 2.20 bits per heavy atom. The number of hydrogen-bond donors (Lipinski definition) is 2. The molecule has 9 heteroatoms. The third-order valence-electron chi connectivity index (χ3n) is 7.90. The van der Waals surface area contributed by atoms with Crippen molar-refractivity contribution in [1.29, 1.82) is 0 Å². The van der Waals surface area contributed by atoms with Gasteiger partial charge >= 0.3 is 0 Å². The summed E-state index contributed by atoms with van der Waals surface area (Å²) in [5.74, 6) is -0.510. The van der Waals surface area contributed by atoms with Crippen LogP contribution in [0.3, 0.4) is 0 Å². The highest BCUT2D eigenvalue weighted by Gasteiger charge is 2.50. The third-order valence-corrected chi connectivity index (χ3v) is 7.90. The van der Waals surface area contributed by atoms with Crippen molar-refractivity contribution in [3.8, 4) is 11.1 Å². The molecule has 3 atom stereocenters. The lowest BCUT2D eigenvalue weighted by molar-refractivity contribution is -0.138. The number of carbonyl (C=O) groups excluding carboxylic acids is 3. The quantitative estimate of drug-likeness (QED) is 0.402. The lowest BCUT2D eigenvalue weighted by atomic mass is 9.85. The van der Waals surface area contributed by atoms with E-state index in [1.807, 2.05) is 80.3 Å². The summed E-state index contributed by atoms with van der Waals surface area (Å²) in [6, 6.07) is 18.3. The van der Waals surface area contributed by atoms with Crippen LogP contribution in [0.4, 0.5) is 0 Å². The van der Waals surface area contributed by atoms with Crippen molar-refractivity contribution in [2.24, 2.45) is 5.41 Å². The highest BCUT2D eigenvalue weighted by molar-refractivity contribution is 6.00. The standard InChI is InChI=1S/C31H32N6O3/c1-31(2,3)26(35-28(38)25-13-20-11-7-8-12-24(20)34-25)29(39)36-17-23-14-22(36)18-37(23)30(40)27-32-15-21(16-33-27)19-9-5-4-6-10-19/h4-13,15-16,22-23,26,34H,14,17-18H2,1-3H3,(H,35,38)/t22?,23-,26+/m0/s1. The fraction of sp³-hybridized carbons (Fsp3) is 0.323. The molecule has 2 saturated heterocycles. The Kier molecular flexibility index (Phi) is 6.37. The molecule has 0 saturated carbocycles. The van der Waals surface area contributed by atoms with Gasteiger partial charge in [0.25, 0.3) is 11.8 Å². The third kappa shape index (κ3) is 4.72. The molecule has 2 aromatic carbocycles. The number of nitrogens with one attached hydrogen (secondary N) is 2. The average Bonchev–Trinajstić information content (AvgIpc) is 3.69. The molecule has 9 nitrogen and oxygen atoms in total. The number of carbonyl (C=O) groups is 3. The van der Waals surface area contributed by atoms with E-state index in [2.05, 4.69) is 20.3 Å². The van der Waals surface area contributed by atoms with Gasteiger partial charge in [0.15, 0.2) is 0 Å². The van der Waals surface area contributed by atoms with Crippen LogP contribution in [0, 0.1) is 5.41 Å². The molecular weight excluding hydrogens is 504 g/mol. The molecule has 2 aliphatic heterocycles. The van der Waals surface area contributed by atoms with Crippen LogP contribution in [-0.4, -0.2) is 73.7 Å². The largest absolute Gasteiger partial charge is 0.351 e. The zero-order chi connectivity index (χ0) is 28.0. The number of piperazine rings is 1. The number of hydrogen-bond acceptors (Lipinski definition) is 5. The molecule has 3 amide bonds. The van der Waals surface area contributed by atoms with E-state index in [1.54, 1.807) is 23.4 Å². The maximum atomic E-state index is 13.8. The number of rotatable bonds is 5. The van der Waals surface area contributed by atoms with Crippen molar-refractivity contribution in [3.63, 3.8) is 0 Å². The van der Waals surface area contributed by atoms with Gasteiger partial charge in [-0.3, -0.25) is 14.4 Å². The molecule has 2 fully saturated rings. The number of aromatic amines is 1. The smallest absolute Gasteiger partial charge is 0.292 e. The van der Waals surface area contributed by atoms with Gasteiger partial charge < -0.3 is 20.1 Å². The van der Waals surface area contributed by atoms with Crippen LogP contribution in [-0.2, 0) is 4.79 Å². The number of fused-ring (bicyclic) bond motifs is 3. The van der Waals surface area contributed by atoms with Gasteiger partial charge in [0.2, 0.25) is 11.7 Å². The van der Waals surface area contributed by atoms with E-state index in [4.69, 9.17) is 0 Å². The van der Waals surface area contributed by atoms with Crippen LogP contribution in [0.2, 0.25) is 0 Å². The maximum Gasteiger partial charge on any atom is 0.292 e. The number of H-pyrrole nitrogens is 1. The van der Waals surface area contributed by atoms with Crippen LogP contribution in [0.5, 0.6) is 0 Å². The van der Waals surface area contributed by atoms with Crippen LogP contribution >= 0.6 is 0 Å².